The number of amides is 3. The maximum Gasteiger partial charge on any atom is 0.326 e. The molecule has 0 saturated carbocycles. The lowest BCUT2D eigenvalue weighted by Gasteiger charge is -2.25. The minimum atomic E-state index is -1.37. The van der Waals surface area contributed by atoms with Gasteiger partial charge in [0.1, 0.15) is 35.4 Å². The molecule has 4 aromatic carbocycles. The fraction of sp³-hybridized carbons (Fsp3) is 0.211. The van der Waals surface area contributed by atoms with Crippen LogP contribution in [0, 0.1) is 0 Å². The summed E-state index contributed by atoms with van der Waals surface area (Å²) in [7, 11) is 0. The fourth-order valence-electron chi connectivity index (χ4n) is 5.68. The highest BCUT2D eigenvalue weighted by Gasteiger charge is 2.31. The molecule has 0 saturated heterocycles. The first-order valence-electron chi connectivity index (χ1n) is 16.2. The average Bonchev–Trinajstić information content (AvgIpc) is 3.52. The molecule has 5 aromatic rings. The average molecular weight is 694 g/mol. The number of rotatable bonds is 15. The number of para-hydroxylation sites is 1. The molecular weight excluding hydrogens is 654 g/mol. The van der Waals surface area contributed by atoms with Gasteiger partial charge in [-0.2, -0.15) is 0 Å². The standard InChI is InChI=1S/C38H39N5O8/c39-30(17-22-5-11-26(44)12-6-22)35(47)41-33(20-25-21-40-31-4-2-1-3-29(25)31)37(49)42-32(18-23-7-13-27(45)14-8-23)36(48)43-34(38(50)51)19-24-9-15-28(46)16-10-24/h1-16,21,30,32-34,40,44-46H,17-20,39H2,(H,41,47)(H,42,49)(H,43,48)(H,50,51). The van der Waals surface area contributed by atoms with Gasteiger partial charge in [-0.1, -0.05) is 54.6 Å². The highest BCUT2D eigenvalue weighted by molar-refractivity contribution is 5.95. The Kier molecular flexibility index (Phi) is 11.5. The van der Waals surface area contributed by atoms with Gasteiger partial charge in [-0.3, -0.25) is 14.4 Å². The van der Waals surface area contributed by atoms with E-state index in [1.807, 2.05) is 24.3 Å². The van der Waals surface area contributed by atoms with Gasteiger partial charge in [0.05, 0.1) is 6.04 Å². The van der Waals surface area contributed by atoms with Crippen LogP contribution in [0.2, 0.25) is 0 Å². The number of aromatic hydroxyl groups is 3. The first-order valence-corrected chi connectivity index (χ1v) is 16.2. The van der Waals surface area contributed by atoms with E-state index < -0.39 is 47.9 Å². The van der Waals surface area contributed by atoms with E-state index in [1.54, 1.807) is 30.5 Å². The van der Waals surface area contributed by atoms with Crippen molar-refractivity contribution >= 4 is 34.6 Å². The summed E-state index contributed by atoms with van der Waals surface area (Å²) >= 11 is 0. The van der Waals surface area contributed by atoms with Crippen molar-refractivity contribution in [3.05, 3.63) is 126 Å². The van der Waals surface area contributed by atoms with Gasteiger partial charge >= 0.3 is 5.97 Å². The van der Waals surface area contributed by atoms with Crippen LogP contribution < -0.4 is 21.7 Å². The Bertz CT molecular complexity index is 1980. The Hall–Kier alpha value is -6.34. The molecule has 264 valence electrons. The zero-order valence-electron chi connectivity index (χ0n) is 27.5. The third kappa shape index (κ3) is 9.86. The lowest BCUT2D eigenvalue weighted by atomic mass is 10.00. The molecule has 10 N–H and O–H groups in total. The van der Waals surface area contributed by atoms with Gasteiger partial charge < -0.3 is 47.1 Å². The molecule has 1 heterocycles. The van der Waals surface area contributed by atoms with Crippen molar-refractivity contribution in [3.8, 4) is 17.2 Å². The summed E-state index contributed by atoms with van der Waals surface area (Å²) in [5.41, 5.74) is 9.59. The molecule has 4 unspecified atom stereocenters. The molecule has 0 aliphatic carbocycles. The molecular formula is C38H39N5O8. The number of fused-ring (bicyclic) bond motifs is 1. The summed E-state index contributed by atoms with van der Waals surface area (Å²) in [5.74, 6) is -3.37. The third-order valence-electron chi connectivity index (χ3n) is 8.46. The molecule has 13 heteroatoms. The van der Waals surface area contributed by atoms with Gasteiger partial charge in [0, 0.05) is 36.4 Å². The van der Waals surface area contributed by atoms with Gasteiger partial charge in [0.25, 0.3) is 0 Å². The molecule has 4 atom stereocenters. The molecule has 13 nitrogen and oxygen atoms in total. The van der Waals surface area contributed by atoms with Crippen molar-refractivity contribution in [2.75, 3.05) is 0 Å². The Balaban J connectivity index is 1.39. The Morgan fingerprint density at radius 2 is 1.00 bits per heavy atom. The predicted molar refractivity (Wildman–Crippen MR) is 189 cm³/mol. The summed E-state index contributed by atoms with van der Waals surface area (Å²) in [6.45, 7) is 0. The number of benzene rings is 4. The van der Waals surface area contributed by atoms with Crippen LogP contribution in [0.15, 0.2) is 103 Å². The van der Waals surface area contributed by atoms with Gasteiger partial charge in [0.2, 0.25) is 17.7 Å². The van der Waals surface area contributed by atoms with Crippen LogP contribution in [0.1, 0.15) is 22.3 Å². The number of phenols is 3. The molecule has 0 spiro atoms. The van der Waals surface area contributed by atoms with Crippen LogP contribution in [0.3, 0.4) is 0 Å². The molecule has 0 fully saturated rings. The number of carbonyl (C=O) groups is 4. The molecule has 51 heavy (non-hydrogen) atoms. The van der Waals surface area contributed by atoms with Gasteiger partial charge in [-0.05, 0) is 71.1 Å². The van der Waals surface area contributed by atoms with Gasteiger partial charge in [-0.25, -0.2) is 4.79 Å². The van der Waals surface area contributed by atoms with Crippen LogP contribution in [-0.2, 0) is 44.9 Å². The van der Waals surface area contributed by atoms with E-state index in [0.717, 1.165) is 16.5 Å². The number of H-pyrrole nitrogens is 1. The molecule has 0 aliphatic rings. The molecule has 0 bridgehead atoms. The minimum Gasteiger partial charge on any atom is -0.508 e. The fourth-order valence-corrected chi connectivity index (χ4v) is 5.68. The van der Waals surface area contributed by atoms with Crippen LogP contribution in [0.5, 0.6) is 17.2 Å². The van der Waals surface area contributed by atoms with Crippen molar-refractivity contribution in [2.45, 2.75) is 49.9 Å². The number of hydrogen-bond acceptors (Lipinski definition) is 8. The van der Waals surface area contributed by atoms with E-state index in [-0.39, 0.29) is 42.9 Å². The van der Waals surface area contributed by atoms with Crippen molar-refractivity contribution in [3.63, 3.8) is 0 Å². The second-order valence-electron chi connectivity index (χ2n) is 12.3. The lowest BCUT2D eigenvalue weighted by Crippen LogP contribution is -2.58. The topological polar surface area (TPSA) is 227 Å². The Morgan fingerprint density at radius 1 is 0.569 bits per heavy atom. The van der Waals surface area contributed by atoms with Crippen LogP contribution >= 0.6 is 0 Å². The van der Waals surface area contributed by atoms with Crippen molar-refractivity contribution in [1.82, 2.24) is 20.9 Å². The second-order valence-corrected chi connectivity index (χ2v) is 12.3. The smallest absolute Gasteiger partial charge is 0.326 e. The van der Waals surface area contributed by atoms with Crippen LogP contribution in [-0.4, -0.2) is 73.3 Å². The number of nitrogens with one attached hydrogen (secondary N) is 4. The normalized spacial score (nSPS) is 13.4. The zero-order chi connectivity index (χ0) is 36.5. The van der Waals surface area contributed by atoms with E-state index in [1.165, 1.54) is 48.5 Å². The molecule has 0 aliphatic heterocycles. The Morgan fingerprint density at radius 3 is 1.53 bits per heavy atom. The number of aromatic nitrogens is 1. The second kappa shape index (κ2) is 16.4. The number of aromatic amines is 1. The van der Waals surface area contributed by atoms with E-state index in [0.29, 0.717) is 16.7 Å². The van der Waals surface area contributed by atoms with Crippen molar-refractivity contribution < 1.29 is 39.6 Å². The van der Waals surface area contributed by atoms with E-state index >= 15 is 0 Å². The summed E-state index contributed by atoms with van der Waals surface area (Å²) in [6, 6.07) is 20.6. The first-order chi connectivity index (χ1) is 24.4. The molecule has 1 aromatic heterocycles. The SMILES string of the molecule is NC(Cc1ccc(O)cc1)C(=O)NC(Cc1c[nH]c2ccccc12)C(=O)NC(Cc1ccc(O)cc1)C(=O)NC(Cc1ccc(O)cc1)C(=O)O. The van der Waals surface area contributed by atoms with Crippen molar-refractivity contribution in [1.29, 1.82) is 0 Å². The van der Waals surface area contributed by atoms with Crippen LogP contribution in [0.4, 0.5) is 0 Å². The van der Waals surface area contributed by atoms with E-state index in [4.69, 9.17) is 5.73 Å². The van der Waals surface area contributed by atoms with Gasteiger partial charge in [-0.15, -0.1) is 0 Å². The third-order valence-corrected chi connectivity index (χ3v) is 8.46. The molecule has 0 radical (unpaired) electrons. The Labute approximate surface area is 293 Å². The monoisotopic (exact) mass is 693 g/mol. The highest BCUT2D eigenvalue weighted by Crippen LogP contribution is 2.20. The number of hydrogen-bond donors (Lipinski definition) is 9. The van der Waals surface area contributed by atoms with Crippen molar-refractivity contribution in [2.24, 2.45) is 5.73 Å². The summed E-state index contributed by atoms with van der Waals surface area (Å²) in [4.78, 5) is 56.7. The lowest BCUT2D eigenvalue weighted by molar-refractivity contribution is -0.142. The number of phenolic OH excluding ortho intramolecular Hbond substituents is 3. The summed E-state index contributed by atoms with van der Waals surface area (Å²) < 4.78 is 0. The first kappa shape index (κ1) is 36.0. The number of nitrogens with two attached hydrogens (primary N) is 1. The number of carboxylic acid groups (broad SMARTS) is 1. The number of carboxylic acids is 1. The maximum atomic E-state index is 14.1. The largest absolute Gasteiger partial charge is 0.508 e. The van der Waals surface area contributed by atoms with Crippen LogP contribution in [0.25, 0.3) is 10.9 Å². The quantitative estimate of drug-likeness (QED) is 0.0784. The highest BCUT2D eigenvalue weighted by atomic mass is 16.4. The summed E-state index contributed by atoms with van der Waals surface area (Å²) in [6.07, 6.45) is 1.71. The molecule has 5 rings (SSSR count). The summed E-state index contributed by atoms with van der Waals surface area (Å²) in [5, 5.41) is 47.8. The predicted octanol–water partition coefficient (Wildman–Crippen LogP) is 2.42. The number of carbonyl (C=O) groups excluding carboxylic acids is 3. The van der Waals surface area contributed by atoms with E-state index in [9.17, 15) is 39.6 Å². The number of aliphatic carboxylic acids is 1. The molecule has 3 amide bonds. The van der Waals surface area contributed by atoms with Gasteiger partial charge in [0.15, 0.2) is 0 Å². The minimum absolute atomic E-state index is 0.00178. The maximum absolute atomic E-state index is 14.1. The zero-order valence-corrected chi connectivity index (χ0v) is 27.5. The van der Waals surface area contributed by atoms with E-state index in [2.05, 4.69) is 20.9 Å².